The van der Waals surface area contributed by atoms with Gasteiger partial charge in [0.1, 0.15) is 6.17 Å². The Morgan fingerprint density at radius 2 is 2.31 bits per heavy atom. The van der Waals surface area contributed by atoms with Crippen molar-refractivity contribution < 1.29 is 4.39 Å². The Balaban J connectivity index is 2.12. The van der Waals surface area contributed by atoms with Crippen LogP contribution in [0, 0.1) is 12.8 Å². The first-order valence-corrected chi connectivity index (χ1v) is 6.17. The Bertz CT molecular complexity index is 361. The van der Waals surface area contributed by atoms with E-state index in [2.05, 4.69) is 5.32 Å². The first-order chi connectivity index (χ1) is 7.68. The molecule has 1 N–H and O–H groups in total. The van der Waals surface area contributed by atoms with Crippen molar-refractivity contribution in [3.63, 3.8) is 0 Å². The maximum absolute atomic E-state index is 14.2. The number of aryl methyl sites for hydroxylation is 1. The largest absolute Gasteiger partial charge is 0.316 e. The van der Waals surface area contributed by atoms with Crippen LogP contribution in [-0.2, 0) is 0 Å². The molecule has 1 aromatic rings. The highest BCUT2D eigenvalue weighted by atomic mass is 35.5. The number of rotatable bonds is 2. The fraction of sp³-hybridized carbons (Fsp3) is 0.538. The van der Waals surface area contributed by atoms with Crippen LogP contribution in [0.15, 0.2) is 18.2 Å². The van der Waals surface area contributed by atoms with Gasteiger partial charge in [-0.25, -0.2) is 4.39 Å². The summed E-state index contributed by atoms with van der Waals surface area (Å²) in [7, 11) is 0. The quantitative estimate of drug-likeness (QED) is 0.833. The molecule has 3 heteroatoms. The molecule has 0 bridgehead atoms. The van der Waals surface area contributed by atoms with Crippen molar-refractivity contribution in [3.8, 4) is 0 Å². The number of alkyl halides is 1. The molecule has 2 unspecified atom stereocenters. The fourth-order valence-corrected chi connectivity index (χ4v) is 2.37. The maximum atomic E-state index is 14.2. The van der Waals surface area contributed by atoms with Gasteiger partial charge in [-0.15, -0.1) is 0 Å². The highest BCUT2D eigenvalue weighted by Gasteiger charge is 2.24. The third kappa shape index (κ3) is 2.55. The molecule has 1 aromatic carbocycles. The Labute approximate surface area is 101 Å². The molecule has 1 heterocycles. The molecule has 1 aliphatic heterocycles. The molecule has 0 spiro atoms. The SMILES string of the molecule is Cc1ccc(C(F)C2CCCNC2)cc1Cl. The van der Waals surface area contributed by atoms with Crippen molar-refractivity contribution in [3.05, 3.63) is 34.3 Å². The lowest BCUT2D eigenvalue weighted by atomic mass is 9.90. The Morgan fingerprint density at radius 3 is 2.94 bits per heavy atom. The van der Waals surface area contributed by atoms with Gasteiger partial charge in [0, 0.05) is 17.5 Å². The van der Waals surface area contributed by atoms with Crippen LogP contribution < -0.4 is 5.32 Å². The highest BCUT2D eigenvalue weighted by molar-refractivity contribution is 6.31. The van der Waals surface area contributed by atoms with Crippen LogP contribution in [0.25, 0.3) is 0 Å². The van der Waals surface area contributed by atoms with Gasteiger partial charge in [-0.05, 0) is 43.5 Å². The number of hydrogen-bond acceptors (Lipinski definition) is 1. The maximum Gasteiger partial charge on any atom is 0.129 e. The zero-order chi connectivity index (χ0) is 11.5. The van der Waals surface area contributed by atoms with Gasteiger partial charge >= 0.3 is 0 Å². The van der Waals surface area contributed by atoms with Crippen LogP contribution in [0.4, 0.5) is 4.39 Å². The molecule has 0 saturated carbocycles. The molecule has 16 heavy (non-hydrogen) atoms. The van der Waals surface area contributed by atoms with Gasteiger partial charge in [0.2, 0.25) is 0 Å². The molecule has 1 nitrogen and oxygen atoms in total. The van der Waals surface area contributed by atoms with Crippen molar-refractivity contribution >= 4 is 11.6 Å². The van der Waals surface area contributed by atoms with Crippen molar-refractivity contribution in [2.75, 3.05) is 13.1 Å². The van der Waals surface area contributed by atoms with Crippen molar-refractivity contribution in [1.82, 2.24) is 5.32 Å². The lowest BCUT2D eigenvalue weighted by molar-refractivity contribution is 0.194. The van der Waals surface area contributed by atoms with Crippen molar-refractivity contribution in [2.24, 2.45) is 5.92 Å². The molecule has 0 amide bonds. The Morgan fingerprint density at radius 1 is 1.50 bits per heavy atom. The topological polar surface area (TPSA) is 12.0 Å². The van der Waals surface area contributed by atoms with E-state index in [1.54, 1.807) is 6.07 Å². The van der Waals surface area contributed by atoms with E-state index in [4.69, 9.17) is 11.6 Å². The lowest BCUT2D eigenvalue weighted by Crippen LogP contribution is -2.32. The molecule has 0 aromatic heterocycles. The molecule has 1 aliphatic rings. The third-order valence-electron chi connectivity index (χ3n) is 3.26. The van der Waals surface area contributed by atoms with Crippen LogP contribution >= 0.6 is 11.6 Å². The highest BCUT2D eigenvalue weighted by Crippen LogP contribution is 2.32. The predicted molar refractivity (Wildman–Crippen MR) is 65.6 cm³/mol. The van der Waals surface area contributed by atoms with E-state index in [0.29, 0.717) is 10.6 Å². The van der Waals surface area contributed by atoms with Crippen LogP contribution in [0.1, 0.15) is 30.1 Å². The summed E-state index contributed by atoms with van der Waals surface area (Å²) in [6.45, 7) is 3.71. The summed E-state index contributed by atoms with van der Waals surface area (Å²) in [6, 6.07) is 5.50. The molecule has 0 aliphatic carbocycles. The average Bonchev–Trinajstić information content (AvgIpc) is 2.33. The van der Waals surface area contributed by atoms with E-state index >= 15 is 0 Å². The first kappa shape index (κ1) is 11.9. The minimum Gasteiger partial charge on any atom is -0.316 e. The predicted octanol–water partition coefficient (Wildman–Crippen LogP) is 3.66. The normalized spacial score (nSPS) is 23.1. The van der Waals surface area contributed by atoms with E-state index < -0.39 is 6.17 Å². The summed E-state index contributed by atoms with van der Waals surface area (Å²) in [5.41, 5.74) is 1.71. The minimum absolute atomic E-state index is 0.0903. The van der Waals surface area contributed by atoms with Gasteiger partial charge < -0.3 is 5.32 Å². The third-order valence-corrected chi connectivity index (χ3v) is 3.67. The van der Waals surface area contributed by atoms with Gasteiger partial charge in [0.25, 0.3) is 0 Å². The molecule has 2 rings (SSSR count). The van der Waals surface area contributed by atoms with Gasteiger partial charge in [-0.2, -0.15) is 0 Å². The molecule has 1 saturated heterocycles. The smallest absolute Gasteiger partial charge is 0.129 e. The molecule has 2 atom stereocenters. The number of piperidine rings is 1. The Hall–Kier alpha value is -0.600. The first-order valence-electron chi connectivity index (χ1n) is 5.79. The summed E-state index contributed by atoms with van der Waals surface area (Å²) in [4.78, 5) is 0. The van der Waals surface area contributed by atoms with E-state index in [-0.39, 0.29) is 5.92 Å². The van der Waals surface area contributed by atoms with E-state index in [0.717, 1.165) is 31.5 Å². The van der Waals surface area contributed by atoms with Crippen LogP contribution in [0.2, 0.25) is 5.02 Å². The monoisotopic (exact) mass is 241 g/mol. The summed E-state index contributed by atoms with van der Waals surface area (Å²) in [5, 5.41) is 3.89. The lowest BCUT2D eigenvalue weighted by Gasteiger charge is -2.26. The molecule has 88 valence electrons. The van der Waals surface area contributed by atoms with E-state index in [1.807, 2.05) is 19.1 Å². The Kier molecular flexibility index (Phi) is 3.82. The number of hydrogen-bond donors (Lipinski definition) is 1. The van der Waals surface area contributed by atoms with Gasteiger partial charge in [0.15, 0.2) is 0 Å². The second-order valence-electron chi connectivity index (χ2n) is 4.52. The fourth-order valence-electron chi connectivity index (χ4n) is 2.18. The molecule has 0 radical (unpaired) electrons. The standard InChI is InChI=1S/C13H17ClFN/c1-9-4-5-10(7-12(9)14)13(15)11-3-2-6-16-8-11/h4-5,7,11,13,16H,2-3,6,8H2,1H3. The molecular formula is C13H17ClFN. The van der Waals surface area contributed by atoms with Crippen LogP contribution in [0.5, 0.6) is 0 Å². The van der Waals surface area contributed by atoms with E-state index in [1.165, 1.54) is 0 Å². The van der Waals surface area contributed by atoms with Crippen LogP contribution in [0.3, 0.4) is 0 Å². The number of benzene rings is 1. The summed E-state index contributed by atoms with van der Waals surface area (Å²) < 4.78 is 14.2. The zero-order valence-electron chi connectivity index (χ0n) is 9.47. The van der Waals surface area contributed by atoms with Gasteiger partial charge in [0.05, 0.1) is 0 Å². The number of nitrogens with one attached hydrogen (secondary N) is 1. The second kappa shape index (κ2) is 5.15. The van der Waals surface area contributed by atoms with Gasteiger partial charge in [-0.3, -0.25) is 0 Å². The zero-order valence-corrected chi connectivity index (χ0v) is 10.2. The number of halogens is 2. The van der Waals surface area contributed by atoms with Crippen LogP contribution in [-0.4, -0.2) is 13.1 Å². The summed E-state index contributed by atoms with van der Waals surface area (Å²) in [5.74, 6) is 0.0903. The average molecular weight is 242 g/mol. The molecular weight excluding hydrogens is 225 g/mol. The molecule has 1 fully saturated rings. The van der Waals surface area contributed by atoms with E-state index in [9.17, 15) is 4.39 Å². The minimum atomic E-state index is -0.897. The summed E-state index contributed by atoms with van der Waals surface area (Å²) in [6.07, 6.45) is 1.12. The van der Waals surface area contributed by atoms with Crippen molar-refractivity contribution in [1.29, 1.82) is 0 Å². The summed E-state index contributed by atoms with van der Waals surface area (Å²) >= 11 is 6.01. The van der Waals surface area contributed by atoms with Gasteiger partial charge in [-0.1, -0.05) is 23.7 Å². The van der Waals surface area contributed by atoms with Crippen molar-refractivity contribution in [2.45, 2.75) is 25.9 Å². The second-order valence-corrected chi connectivity index (χ2v) is 4.92.